The summed E-state index contributed by atoms with van der Waals surface area (Å²) in [6, 6.07) is 10.5. The lowest BCUT2D eigenvalue weighted by atomic mass is 10.2. The van der Waals surface area contributed by atoms with Crippen LogP contribution in [0.3, 0.4) is 0 Å². The second-order valence-electron chi connectivity index (χ2n) is 7.27. The van der Waals surface area contributed by atoms with Gasteiger partial charge in [0.15, 0.2) is 0 Å². The molecule has 4 nitrogen and oxygen atoms in total. The van der Waals surface area contributed by atoms with E-state index in [2.05, 4.69) is 60.7 Å². The van der Waals surface area contributed by atoms with E-state index in [1.807, 2.05) is 11.0 Å². The van der Waals surface area contributed by atoms with E-state index in [1.165, 1.54) is 17.7 Å². The van der Waals surface area contributed by atoms with Gasteiger partial charge in [-0.3, -0.25) is 9.69 Å². The van der Waals surface area contributed by atoms with Gasteiger partial charge in [0.2, 0.25) is 0 Å². The number of carbonyl (C=O) groups excluding carboxylic acids is 1. The molecule has 1 aromatic carbocycles. The summed E-state index contributed by atoms with van der Waals surface area (Å²) >= 11 is 0. The molecule has 2 aliphatic rings. The number of rotatable bonds is 2. The normalized spacial score (nSPS) is 18.9. The number of amides is 1. The fourth-order valence-corrected chi connectivity index (χ4v) is 4.01. The fourth-order valence-electron chi connectivity index (χ4n) is 4.01. The molecule has 0 atom stereocenters. The van der Waals surface area contributed by atoms with E-state index < -0.39 is 0 Å². The predicted molar refractivity (Wildman–Crippen MR) is 106 cm³/mol. The average molecular weight is 347 g/mol. The van der Waals surface area contributed by atoms with Gasteiger partial charge in [-0.2, -0.15) is 0 Å². The molecule has 4 rings (SSSR count). The standard InChI is InChI=1S/C22H25N3O/c1-15-9-6-7-10-20(15)25-16(2)13-18(17(25)3)14-19-22(26)24-12-8-4-5-11-21(24)23-19/h6-7,9-10,13-14H,4-5,8,11-12H2,1-3H3/b19-14-. The molecule has 0 spiro atoms. The minimum absolute atomic E-state index is 0.0580. The van der Waals surface area contributed by atoms with E-state index in [0.717, 1.165) is 48.6 Å². The van der Waals surface area contributed by atoms with Gasteiger partial charge in [0, 0.05) is 30.0 Å². The summed E-state index contributed by atoms with van der Waals surface area (Å²) in [6.07, 6.45) is 6.24. The summed E-state index contributed by atoms with van der Waals surface area (Å²) in [4.78, 5) is 19.3. The molecule has 4 heteroatoms. The Hall–Kier alpha value is -2.62. The molecular formula is C22H25N3O. The number of para-hydroxylation sites is 1. The Bertz CT molecular complexity index is 933. The Kier molecular flexibility index (Phi) is 4.27. The zero-order chi connectivity index (χ0) is 18.3. The molecule has 2 aliphatic heterocycles. The number of benzene rings is 1. The van der Waals surface area contributed by atoms with Crippen molar-refractivity contribution in [3.8, 4) is 5.69 Å². The van der Waals surface area contributed by atoms with E-state index in [-0.39, 0.29) is 5.91 Å². The molecule has 0 unspecified atom stereocenters. The van der Waals surface area contributed by atoms with Gasteiger partial charge in [-0.1, -0.05) is 24.6 Å². The van der Waals surface area contributed by atoms with E-state index in [1.54, 1.807) is 0 Å². The topological polar surface area (TPSA) is 37.6 Å². The summed E-state index contributed by atoms with van der Waals surface area (Å²) in [5, 5.41) is 0. The van der Waals surface area contributed by atoms with Crippen LogP contribution in [0, 0.1) is 20.8 Å². The third kappa shape index (κ3) is 2.79. The van der Waals surface area contributed by atoms with Gasteiger partial charge < -0.3 is 4.57 Å². The SMILES string of the molecule is Cc1ccccc1-n1c(C)cc(/C=C2\N=C3CCCCCN3C2=O)c1C. The molecule has 0 aliphatic carbocycles. The van der Waals surface area contributed by atoms with Gasteiger partial charge in [-0.05, 0) is 62.9 Å². The summed E-state index contributed by atoms with van der Waals surface area (Å²) in [7, 11) is 0. The molecule has 1 fully saturated rings. The minimum Gasteiger partial charge on any atom is -0.318 e. The first-order valence-corrected chi connectivity index (χ1v) is 9.42. The number of carbonyl (C=O) groups is 1. The summed E-state index contributed by atoms with van der Waals surface area (Å²) in [5.41, 5.74) is 6.36. The van der Waals surface area contributed by atoms with Gasteiger partial charge in [-0.15, -0.1) is 0 Å². The van der Waals surface area contributed by atoms with Gasteiger partial charge >= 0.3 is 0 Å². The van der Waals surface area contributed by atoms with E-state index >= 15 is 0 Å². The van der Waals surface area contributed by atoms with Gasteiger partial charge in [0.25, 0.3) is 5.91 Å². The van der Waals surface area contributed by atoms with Gasteiger partial charge in [0.1, 0.15) is 11.5 Å². The first kappa shape index (κ1) is 16.8. The molecule has 0 bridgehead atoms. The second kappa shape index (κ2) is 6.60. The summed E-state index contributed by atoms with van der Waals surface area (Å²) in [6.45, 7) is 7.14. The summed E-state index contributed by atoms with van der Waals surface area (Å²) < 4.78 is 2.26. The zero-order valence-corrected chi connectivity index (χ0v) is 15.7. The molecule has 2 aromatic rings. The first-order chi connectivity index (χ1) is 12.6. The van der Waals surface area contributed by atoms with Crippen LogP contribution < -0.4 is 0 Å². The summed E-state index contributed by atoms with van der Waals surface area (Å²) in [5.74, 6) is 1.01. The van der Waals surface area contributed by atoms with Crippen LogP contribution in [0.2, 0.25) is 0 Å². The number of nitrogens with zero attached hydrogens (tertiary/aromatic N) is 3. The van der Waals surface area contributed by atoms with Crippen molar-refractivity contribution in [2.45, 2.75) is 46.5 Å². The number of aromatic nitrogens is 1. The Morgan fingerprint density at radius 2 is 1.88 bits per heavy atom. The third-order valence-electron chi connectivity index (χ3n) is 5.43. The highest BCUT2D eigenvalue weighted by Crippen LogP contribution is 2.28. The molecule has 134 valence electrons. The van der Waals surface area contributed by atoms with Crippen molar-refractivity contribution < 1.29 is 4.79 Å². The molecular weight excluding hydrogens is 322 g/mol. The van der Waals surface area contributed by atoms with Crippen LogP contribution in [-0.2, 0) is 4.79 Å². The second-order valence-corrected chi connectivity index (χ2v) is 7.27. The van der Waals surface area contributed by atoms with Crippen molar-refractivity contribution >= 4 is 17.8 Å². The van der Waals surface area contributed by atoms with E-state index in [9.17, 15) is 4.79 Å². The number of amidine groups is 1. The van der Waals surface area contributed by atoms with Crippen LogP contribution in [-0.4, -0.2) is 27.8 Å². The lowest BCUT2D eigenvalue weighted by molar-refractivity contribution is -0.122. The Morgan fingerprint density at radius 1 is 1.08 bits per heavy atom. The van der Waals surface area contributed by atoms with Gasteiger partial charge in [-0.25, -0.2) is 4.99 Å². The van der Waals surface area contributed by atoms with Crippen LogP contribution in [0.15, 0.2) is 41.0 Å². The maximum atomic E-state index is 12.8. The van der Waals surface area contributed by atoms with Crippen molar-refractivity contribution in [2.75, 3.05) is 6.54 Å². The Labute approximate surface area is 154 Å². The number of fused-ring (bicyclic) bond motifs is 1. The highest BCUT2D eigenvalue weighted by molar-refractivity contribution is 6.14. The van der Waals surface area contributed by atoms with Crippen LogP contribution in [0.5, 0.6) is 0 Å². The lowest BCUT2D eigenvalue weighted by Crippen LogP contribution is -2.31. The van der Waals surface area contributed by atoms with Crippen molar-refractivity contribution in [3.63, 3.8) is 0 Å². The fraction of sp³-hybridized carbons (Fsp3) is 0.364. The predicted octanol–water partition coefficient (Wildman–Crippen LogP) is 4.56. The maximum absolute atomic E-state index is 12.8. The highest BCUT2D eigenvalue weighted by atomic mass is 16.2. The van der Waals surface area contributed by atoms with Crippen molar-refractivity contribution in [3.05, 3.63) is 58.5 Å². The van der Waals surface area contributed by atoms with Crippen molar-refractivity contribution in [2.24, 2.45) is 4.99 Å². The minimum atomic E-state index is 0.0580. The Balaban J connectivity index is 1.74. The maximum Gasteiger partial charge on any atom is 0.277 e. The first-order valence-electron chi connectivity index (χ1n) is 9.42. The van der Waals surface area contributed by atoms with E-state index in [4.69, 9.17) is 0 Å². The van der Waals surface area contributed by atoms with Crippen LogP contribution >= 0.6 is 0 Å². The lowest BCUT2D eigenvalue weighted by Gasteiger charge is -2.14. The molecule has 1 saturated heterocycles. The number of aryl methyl sites for hydroxylation is 2. The van der Waals surface area contributed by atoms with Crippen molar-refractivity contribution in [1.82, 2.24) is 9.47 Å². The Morgan fingerprint density at radius 3 is 2.69 bits per heavy atom. The molecule has 1 amide bonds. The number of aliphatic imine (C=N–C) groups is 1. The molecule has 0 saturated carbocycles. The molecule has 3 heterocycles. The van der Waals surface area contributed by atoms with Crippen LogP contribution in [0.1, 0.15) is 48.2 Å². The zero-order valence-electron chi connectivity index (χ0n) is 15.7. The quantitative estimate of drug-likeness (QED) is 0.734. The van der Waals surface area contributed by atoms with Gasteiger partial charge in [0.05, 0.1) is 0 Å². The highest BCUT2D eigenvalue weighted by Gasteiger charge is 2.30. The monoisotopic (exact) mass is 347 g/mol. The molecule has 26 heavy (non-hydrogen) atoms. The molecule has 0 radical (unpaired) electrons. The molecule has 0 N–H and O–H groups in total. The molecule has 1 aromatic heterocycles. The van der Waals surface area contributed by atoms with Crippen LogP contribution in [0.4, 0.5) is 0 Å². The third-order valence-corrected chi connectivity index (χ3v) is 5.43. The average Bonchev–Trinajstić information content (AvgIpc) is 2.94. The number of hydrogen-bond acceptors (Lipinski definition) is 2. The van der Waals surface area contributed by atoms with Crippen LogP contribution in [0.25, 0.3) is 11.8 Å². The van der Waals surface area contributed by atoms with E-state index in [0.29, 0.717) is 5.70 Å². The largest absolute Gasteiger partial charge is 0.318 e. The smallest absolute Gasteiger partial charge is 0.277 e. The van der Waals surface area contributed by atoms with Crippen molar-refractivity contribution in [1.29, 1.82) is 0 Å². The number of hydrogen-bond donors (Lipinski definition) is 0.